The molecule has 0 aliphatic rings. The van der Waals surface area contributed by atoms with Gasteiger partial charge >= 0.3 is 0 Å². The monoisotopic (exact) mass is 366 g/mol. The molecule has 0 spiro atoms. The van der Waals surface area contributed by atoms with Crippen molar-refractivity contribution < 1.29 is 23.1 Å². The number of carbonyl (C=O) groups is 2. The molecule has 3 N–H and O–H groups in total. The number of anilines is 1. The Kier molecular flexibility index (Phi) is 6.35. The van der Waals surface area contributed by atoms with Crippen LogP contribution in [0.1, 0.15) is 15.9 Å². The van der Waals surface area contributed by atoms with Crippen molar-refractivity contribution in [3.8, 4) is 5.75 Å². The van der Waals surface area contributed by atoms with E-state index < -0.39 is 17.6 Å². The fourth-order valence-corrected chi connectivity index (χ4v) is 2.51. The van der Waals surface area contributed by atoms with E-state index in [1.165, 1.54) is 30.3 Å². The molecular weight excluding hydrogens is 350 g/mol. The van der Waals surface area contributed by atoms with E-state index >= 15 is 0 Å². The lowest BCUT2D eigenvalue weighted by atomic mass is 10.1. The van der Waals surface area contributed by atoms with Crippen molar-refractivity contribution in [2.75, 3.05) is 11.9 Å². The first-order valence-corrected chi connectivity index (χ1v) is 8.11. The predicted molar refractivity (Wildman–Crippen MR) is 92.1 cm³/mol. The number of alkyl halides is 2. The molecule has 0 atom stereocenters. The summed E-state index contributed by atoms with van der Waals surface area (Å²) in [5.74, 6) is -3.37. The van der Waals surface area contributed by atoms with Crippen molar-refractivity contribution >= 4 is 29.3 Å². The highest BCUT2D eigenvalue weighted by Gasteiger charge is 2.12. The number of carbonyl (C=O) groups excluding carboxylic acids is 2. The second kappa shape index (κ2) is 8.48. The Morgan fingerprint density at radius 2 is 1.88 bits per heavy atom. The number of nitrogens with two attached hydrogens (primary N) is 1. The molecule has 2 aromatic carbocycles. The Morgan fingerprint density at radius 1 is 1.20 bits per heavy atom. The van der Waals surface area contributed by atoms with E-state index in [0.717, 1.165) is 5.56 Å². The molecule has 0 radical (unpaired) electrons. The molecule has 0 heterocycles. The van der Waals surface area contributed by atoms with Crippen LogP contribution in [-0.4, -0.2) is 24.2 Å². The number of hydrogen-bond acceptors (Lipinski definition) is 4. The largest absolute Gasteiger partial charge is 0.483 e. The Balaban J connectivity index is 1.95. The first kappa shape index (κ1) is 18.7. The third-order valence-corrected chi connectivity index (χ3v) is 3.85. The maximum Gasteiger partial charge on any atom is 0.288 e. The van der Waals surface area contributed by atoms with Gasteiger partial charge < -0.3 is 15.8 Å². The van der Waals surface area contributed by atoms with E-state index in [1.54, 1.807) is 12.1 Å². The van der Waals surface area contributed by atoms with E-state index in [-0.39, 0.29) is 17.9 Å². The zero-order valence-corrected chi connectivity index (χ0v) is 14.1. The van der Waals surface area contributed by atoms with Gasteiger partial charge in [-0.1, -0.05) is 17.8 Å². The van der Waals surface area contributed by atoms with Gasteiger partial charge in [-0.2, -0.15) is 8.78 Å². The topological polar surface area (TPSA) is 81.4 Å². The molecule has 2 aromatic rings. The minimum absolute atomic E-state index is 0.187. The summed E-state index contributed by atoms with van der Waals surface area (Å²) in [5, 5.41) is 2.58. The summed E-state index contributed by atoms with van der Waals surface area (Å²) in [7, 11) is 0. The zero-order valence-electron chi connectivity index (χ0n) is 13.3. The van der Waals surface area contributed by atoms with E-state index in [0.29, 0.717) is 22.3 Å². The smallest absolute Gasteiger partial charge is 0.288 e. The normalized spacial score (nSPS) is 10.6. The van der Waals surface area contributed by atoms with Gasteiger partial charge in [0.25, 0.3) is 17.6 Å². The van der Waals surface area contributed by atoms with E-state index in [9.17, 15) is 18.4 Å². The molecule has 0 bridgehead atoms. The molecule has 0 unspecified atom stereocenters. The van der Waals surface area contributed by atoms with Gasteiger partial charge in [0.15, 0.2) is 6.61 Å². The van der Waals surface area contributed by atoms with Gasteiger partial charge in [0, 0.05) is 10.6 Å². The number of hydrogen-bond donors (Lipinski definition) is 2. The molecule has 0 saturated carbocycles. The van der Waals surface area contributed by atoms with Crippen molar-refractivity contribution in [3.05, 3.63) is 53.6 Å². The van der Waals surface area contributed by atoms with E-state index in [4.69, 9.17) is 10.5 Å². The maximum absolute atomic E-state index is 12.3. The van der Waals surface area contributed by atoms with Crippen LogP contribution < -0.4 is 15.8 Å². The Morgan fingerprint density at radius 3 is 2.48 bits per heavy atom. The molecule has 0 saturated heterocycles. The van der Waals surface area contributed by atoms with Crippen LogP contribution in [0.15, 0.2) is 47.4 Å². The SMILES string of the molecule is Cc1ccc(C(N)=O)c(OCC(=O)Nc2ccc(SC(F)F)cc2)c1. The molecule has 25 heavy (non-hydrogen) atoms. The van der Waals surface area contributed by atoms with Crippen LogP contribution in [0.25, 0.3) is 0 Å². The van der Waals surface area contributed by atoms with Crippen molar-refractivity contribution in [1.82, 2.24) is 0 Å². The van der Waals surface area contributed by atoms with Crippen LogP contribution >= 0.6 is 11.8 Å². The Hall–Kier alpha value is -2.61. The quantitative estimate of drug-likeness (QED) is 0.736. The molecule has 2 amide bonds. The lowest BCUT2D eigenvalue weighted by molar-refractivity contribution is -0.118. The van der Waals surface area contributed by atoms with Crippen LogP contribution in [0.3, 0.4) is 0 Å². The minimum atomic E-state index is -2.50. The number of benzene rings is 2. The molecule has 8 heteroatoms. The fraction of sp³-hybridized carbons (Fsp3) is 0.176. The third-order valence-electron chi connectivity index (χ3n) is 3.12. The number of primary amides is 1. The number of aryl methyl sites for hydroxylation is 1. The van der Waals surface area contributed by atoms with Crippen LogP contribution in [0.4, 0.5) is 14.5 Å². The number of amides is 2. The molecular formula is C17H16F2N2O3S. The second-order valence-corrected chi connectivity index (χ2v) is 6.17. The van der Waals surface area contributed by atoms with Gasteiger partial charge in [0.05, 0.1) is 5.56 Å². The van der Waals surface area contributed by atoms with Gasteiger partial charge in [-0.3, -0.25) is 9.59 Å². The molecule has 0 aliphatic heterocycles. The summed E-state index contributed by atoms with van der Waals surface area (Å²) in [6.07, 6.45) is 0. The van der Waals surface area contributed by atoms with Gasteiger partial charge in [0.1, 0.15) is 5.75 Å². The lowest BCUT2D eigenvalue weighted by Gasteiger charge is -2.11. The van der Waals surface area contributed by atoms with Crippen molar-refractivity contribution in [1.29, 1.82) is 0 Å². The number of rotatable bonds is 7. The molecule has 132 valence electrons. The number of ether oxygens (including phenoxy) is 1. The highest BCUT2D eigenvalue weighted by molar-refractivity contribution is 7.99. The summed E-state index contributed by atoms with van der Waals surface area (Å²) >= 11 is 0.425. The summed E-state index contributed by atoms with van der Waals surface area (Å²) < 4.78 is 29.9. The lowest BCUT2D eigenvalue weighted by Crippen LogP contribution is -2.21. The van der Waals surface area contributed by atoms with E-state index in [2.05, 4.69) is 5.32 Å². The number of nitrogens with one attached hydrogen (secondary N) is 1. The fourth-order valence-electron chi connectivity index (χ4n) is 2.01. The second-order valence-electron chi connectivity index (χ2n) is 5.10. The van der Waals surface area contributed by atoms with Gasteiger partial charge in [-0.15, -0.1) is 0 Å². The highest BCUT2D eigenvalue weighted by Crippen LogP contribution is 2.26. The maximum atomic E-state index is 12.3. The van der Waals surface area contributed by atoms with E-state index in [1.807, 2.05) is 6.92 Å². The minimum Gasteiger partial charge on any atom is -0.483 e. The predicted octanol–water partition coefficient (Wildman–Crippen LogP) is 3.43. The van der Waals surface area contributed by atoms with Crippen LogP contribution in [0.2, 0.25) is 0 Å². The summed E-state index contributed by atoms with van der Waals surface area (Å²) in [6, 6.07) is 10.9. The van der Waals surface area contributed by atoms with Crippen LogP contribution in [-0.2, 0) is 4.79 Å². The Bertz CT molecular complexity index is 767. The van der Waals surface area contributed by atoms with Crippen molar-refractivity contribution in [2.24, 2.45) is 5.73 Å². The number of halogens is 2. The van der Waals surface area contributed by atoms with Gasteiger partial charge in [-0.05, 0) is 48.9 Å². The van der Waals surface area contributed by atoms with Gasteiger partial charge in [-0.25, -0.2) is 0 Å². The Labute approximate surface area is 147 Å². The molecule has 0 aliphatic carbocycles. The first-order valence-electron chi connectivity index (χ1n) is 7.23. The van der Waals surface area contributed by atoms with Crippen LogP contribution in [0.5, 0.6) is 5.75 Å². The van der Waals surface area contributed by atoms with Gasteiger partial charge in [0.2, 0.25) is 0 Å². The summed E-state index contributed by atoms with van der Waals surface area (Å²) in [4.78, 5) is 23.7. The van der Waals surface area contributed by atoms with Crippen molar-refractivity contribution in [3.63, 3.8) is 0 Å². The average Bonchev–Trinajstić information content (AvgIpc) is 2.54. The molecule has 2 rings (SSSR count). The van der Waals surface area contributed by atoms with Crippen LogP contribution in [0, 0.1) is 6.92 Å². The highest BCUT2D eigenvalue weighted by atomic mass is 32.2. The zero-order chi connectivity index (χ0) is 18.4. The number of thioether (sulfide) groups is 1. The molecule has 5 nitrogen and oxygen atoms in total. The van der Waals surface area contributed by atoms with Crippen molar-refractivity contribution in [2.45, 2.75) is 17.6 Å². The average molecular weight is 366 g/mol. The molecule has 0 aromatic heterocycles. The molecule has 0 fully saturated rings. The summed E-state index contributed by atoms with van der Waals surface area (Å²) in [6.45, 7) is 1.49. The standard InChI is InChI=1S/C17H16F2N2O3S/c1-10-2-7-13(16(20)23)14(8-10)24-9-15(22)21-11-3-5-12(6-4-11)25-17(18)19/h2-8,17H,9H2,1H3,(H2,20,23)(H,21,22). The summed E-state index contributed by atoms with van der Waals surface area (Å²) in [5.41, 5.74) is 6.76. The first-order chi connectivity index (χ1) is 11.8. The third kappa shape index (κ3) is 5.75.